The summed E-state index contributed by atoms with van der Waals surface area (Å²) in [5.74, 6) is 0.876. The van der Waals surface area contributed by atoms with Crippen LogP contribution in [0.2, 0.25) is 0 Å². The highest BCUT2D eigenvalue weighted by molar-refractivity contribution is 6.13. The molecule has 0 amide bonds. The molecule has 1 aromatic carbocycles. The van der Waals surface area contributed by atoms with Crippen LogP contribution < -0.4 is 0 Å². The second-order valence-electron chi connectivity index (χ2n) is 3.02. The molecule has 0 aliphatic carbocycles. The summed E-state index contributed by atoms with van der Waals surface area (Å²) in [4.78, 5) is 4.17. The van der Waals surface area contributed by atoms with E-state index in [2.05, 4.69) is 16.1 Å². The molecule has 0 radical (unpaired) electrons. The van der Waals surface area contributed by atoms with E-state index < -0.39 is 0 Å². The third-order valence-electron chi connectivity index (χ3n) is 2.30. The van der Waals surface area contributed by atoms with Crippen molar-refractivity contribution in [2.75, 3.05) is 0 Å². The van der Waals surface area contributed by atoms with Crippen LogP contribution in [0.15, 0.2) is 30.6 Å². The molecule has 0 bridgehead atoms. The maximum Gasteiger partial charge on any atom is 0.227 e. The average Bonchev–Trinajstić information content (AvgIpc) is 2.72. The number of nitrogens with zero attached hydrogens (tertiary/aromatic N) is 4. The van der Waals surface area contributed by atoms with Gasteiger partial charge in [-0.05, 0) is 12.1 Å². The van der Waals surface area contributed by atoms with Gasteiger partial charge in [0.25, 0.3) is 0 Å². The predicted octanol–water partition coefficient (Wildman–Crippen LogP) is 0.0802. The molecular weight excluding hydrogens is 163 g/mol. The van der Waals surface area contributed by atoms with Crippen molar-refractivity contribution < 1.29 is 0 Å². The first-order chi connectivity index (χ1) is 6.38. The van der Waals surface area contributed by atoms with Crippen molar-refractivity contribution in [2.45, 2.75) is 0 Å². The number of para-hydroxylation sites is 2. The lowest BCUT2D eigenvalue weighted by Gasteiger charge is -1.91. The minimum absolute atomic E-state index is 0.876. The number of imidazole rings is 1. The highest BCUT2D eigenvalue weighted by atomic mass is 15.3. The lowest BCUT2D eigenvalue weighted by molar-refractivity contribution is 1.00. The van der Waals surface area contributed by atoms with Gasteiger partial charge in [-0.3, -0.25) is 0 Å². The van der Waals surface area contributed by atoms with E-state index in [1.807, 2.05) is 35.2 Å². The predicted molar refractivity (Wildman–Crippen MR) is 52.4 cm³/mol. The fourth-order valence-corrected chi connectivity index (χ4v) is 1.67. The monoisotopic (exact) mass is 170 g/mol. The van der Waals surface area contributed by atoms with Crippen LogP contribution in [0.4, 0.5) is 0 Å². The van der Waals surface area contributed by atoms with Crippen LogP contribution in [0.3, 0.4) is 0 Å². The van der Waals surface area contributed by atoms with E-state index in [4.69, 9.17) is 0 Å². The SMILES string of the molecule is Bn1c2ccccc2n2ncnc12. The van der Waals surface area contributed by atoms with E-state index in [-0.39, 0.29) is 0 Å². The highest BCUT2D eigenvalue weighted by Gasteiger charge is 2.06. The number of hydrogen-bond acceptors (Lipinski definition) is 2. The number of fused-ring (bicyclic) bond motifs is 3. The van der Waals surface area contributed by atoms with Crippen LogP contribution in [0.1, 0.15) is 0 Å². The Labute approximate surface area is 75.2 Å². The summed E-state index contributed by atoms with van der Waals surface area (Å²) in [7, 11) is 1.99. The lowest BCUT2D eigenvalue weighted by Crippen LogP contribution is -1.91. The van der Waals surface area contributed by atoms with Crippen molar-refractivity contribution in [1.29, 1.82) is 0 Å². The van der Waals surface area contributed by atoms with Crippen LogP contribution >= 0.6 is 0 Å². The van der Waals surface area contributed by atoms with Crippen LogP contribution in [0.25, 0.3) is 16.8 Å². The van der Waals surface area contributed by atoms with Crippen LogP contribution in [-0.4, -0.2) is 27.1 Å². The molecule has 0 N–H and O–H groups in total. The van der Waals surface area contributed by atoms with Gasteiger partial charge in [-0.1, -0.05) is 12.1 Å². The highest BCUT2D eigenvalue weighted by Crippen LogP contribution is 2.15. The number of rotatable bonds is 0. The number of aromatic nitrogens is 4. The zero-order chi connectivity index (χ0) is 8.84. The summed E-state index contributed by atoms with van der Waals surface area (Å²) in [6, 6.07) is 8.12. The van der Waals surface area contributed by atoms with Gasteiger partial charge >= 0.3 is 0 Å². The third kappa shape index (κ3) is 0.709. The first kappa shape index (κ1) is 6.71. The molecule has 0 spiro atoms. The second-order valence-corrected chi connectivity index (χ2v) is 3.02. The number of hydrogen-bond donors (Lipinski definition) is 0. The van der Waals surface area contributed by atoms with Crippen molar-refractivity contribution in [3.8, 4) is 0 Å². The summed E-state index contributed by atoms with van der Waals surface area (Å²) in [6.45, 7) is 0. The molecule has 3 aromatic rings. The van der Waals surface area contributed by atoms with Gasteiger partial charge in [0, 0.05) is 0 Å². The molecule has 0 aliphatic heterocycles. The van der Waals surface area contributed by atoms with Crippen molar-refractivity contribution in [2.24, 2.45) is 0 Å². The molecule has 0 unspecified atom stereocenters. The Kier molecular flexibility index (Phi) is 1.10. The van der Waals surface area contributed by atoms with Crippen LogP contribution in [0, 0.1) is 0 Å². The lowest BCUT2D eigenvalue weighted by atomic mass is 10.3. The zero-order valence-electron chi connectivity index (χ0n) is 7.18. The van der Waals surface area contributed by atoms with E-state index in [1.54, 1.807) is 6.33 Å². The molecule has 4 nitrogen and oxygen atoms in total. The quantitative estimate of drug-likeness (QED) is 0.448. The Morgan fingerprint density at radius 3 is 2.77 bits per heavy atom. The molecule has 2 heterocycles. The molecule has 0 saturated heterocycles. The fraction of sp³-hybridized carbons (Fsp3) is 0. The molecule has 5 heteroatoms. The first-order valence-electron chi connectivity index (χ1n) is 4.11. The van der Waals surface area contributed by atoms with Gasteiger partial charge in [-0.25, -0.2) is 4.98 Å². The van der Waals surface area contributed by atoms with Crippen molar-refractivity contribution >= 4 is 24.8 Å². The third-order valence-corrected chi connectivity index (χ3v) is 2.30. The van der Waals surface area contributed by atoms with Crippen molar-refractivity contribution in [1.82, 2.24) is 19.1 Å². The van der Waals surface area contributed by atoms with Crippen LogP contribution in [0.5, 0.6) is 0 Å². The standard InChI is InChI=1S/C8H7BN4/c9-12-6-3-1-2-4-7(6)13-8(12)10-5-11-13/h1-5H,9H2. The average molecular weight is 170 g/mol. The normalized spacial score (nSPS) is 11.4. The van der Waals surface area contributed by atoms with E-state index in [0.29, 0.717) is 0 Å². The smallest absolute Gasteiger partial charge is 0.227 e. The maximum absolute atomic E-state index is 4.17. The molecular formula is C8H7BN4. The molecule has 2 aromatic heterocycles. The minimum atomic E-state index is 0.876. The van der Waals surface area contributed by atoms with Gasteiger partial charge < -0.3 is 4.48 Å². The van der Waals surface area contributed by atoms with Gasteiger partial charge in [0.1, 0.15) is 6.33 Å². The van der Waals surface area contributed by atoms with E-state index in [0.717, 1.165) is 16.8 Å². The molecule has 0 saturated carbocycles. The molecule has 62 valence electrons. The Balaban J connectivity index is 2.72. The zero-order valence-corrected chi connectivity index (χ0v) is 7.18. The van der Waals surface area contributed by atoms with Gasteiger partial charge in [0.15, 0.2) is 0 Å². The minimum Gasteiger partial charge on any atom is -0.361 e. The second kappa shape index (κ2) is 2.13. The molecule has 0 atom stereocenters. The van der Waals surface area contributed by atoms with E-state index in [9.17, 15) is 0 Å². The summed E-state index contributed by atoms with van der Waals surface area (Å²) >= 11 is 0. The Morgan fingerprint density at radius 2 is 1.92 bits per heavy atom. The van der Waals surface area contributed by atoms with Crippen molar-refractivity contribution in [3.05, 3.63) is 30.6 Å². The van der Waals surface area contributed by atoms with Crippen molar-refractivity contribution in [3.63, 3.8) is 0 Å². The Morgan fingerprint density at radius 1 is 1.15 bits per heavy atom. The molecule has 0 aliphatic rings. The largest absolute Gasteiger partial charge is 0.361 e. The van der Waals surface area contributed by atoms with Gasteiger partial charge in [0.05, 0.1) is 11.0 Å². The molecule has 13 heavy (non-hydrogen) atoms. The Bertz CT molecular complexity index is 580. The molecule has 0 fully saturated rings. The number of benzene rings is 1. The summed E-state index contributed by atoms with van der Waals surface area (Å²) in [5.41, 5.74) is 2.25. The van der Waals surface area contributed by atoms with E-state index >= 15 is 0 Å². The van der Waals surface area contributed by atoms with Gasteiger partial charge in [0.2, 0.25) is 13.8 Å². The van der Waals surface area contributed by atoms with E-state index in [1.165, 1.54) is 0 Å². The maximum atomic E-state index is 4.17. The van der Waals surface area contributed by atoms with Crippen LogP contribution in [-0.2, 0) is 0 Å². The Hall–Kier alpha value is -1.78. The summed E-state index contributed by atoms with van der Waals surface area (Å²) < 4.78 is 3.87. The van der Waals surface area contributed by atoms with Gasteiger partial charge in [-0.15, -0.1) is 0 Å². The summed E-state index contributed by atoms with van der Waals surface area (Å²) in [5, 5.41) is 4.15. The fourth-order valence-electron chi connectivity index (χ4n) is 1.67. The summed E-state index contributed by atoms with van der Waals surface area (Å²) in [6.07, 6.45) is 1.57. The first-order valence-corrected chi connectivity index (χ1v) is 4.11. The topological polar surface area (TPSA) is 35.1 Å². The molecule has 3 rings (SSSR count). The van der Waals surface area contributed by atoms with Gasteiger partial charge in [-0.2, -0.15) is 9.61 Å².